The molecule has 3 unspecified atom stereocenters. The molecule has 2 aliphatic rings. The van der Waals surface area contributed by atoms with Crippen LogP contribution in [0.4, 0.5) is 0 Å². The largest absolute Gasteiger partial charge is 0.460 e. The zero-order valence-electron chi connectivity index (χ0n) is 15.9. The number of nitrogens with one attached hydrogen (secondary N) is 1. The number of fused-ring (bicyclic) bond motifs is 1. The maximum Gasteiger partial charge on any atom is 0.330 e. The van der Waals surface area contributed by atoms with E-state index in [0.717, 1.165) is 5.56 Å². The molecule has 2 heterocycles. The number of hydrogen-bond donors (Lipinski definition) is 1. The first-order chi connectivity index (χ1) is 14.1. The number of ether oxygens (including phenoxy) is 1. The minimum absolute atomic E-state index is 0.176. The van der Waals surface area contributed by atoms with Crippen LogP contribution in [0.25, 0.3) is 0 Å². The van der Waals surface area contributed by atoms with Crippen LogP contribution in [0.3, 0.4) is 0 Å². The van der Waals surface area contributed by atoms with Crippen molar-refractivity contribution in [2.24, 2.45) is 0 Å². The van der Waals surface area contributed by atoms with E-state index in [4.69, 9.17) is 39.5 Å². The van der Waals surface area contributed by atoms with Crippen molar-refractivity contribution in [2.75, 3.05) is 11.9 Å². The Hall–Kier alpha value is -0.670. The minimum Gasteiger partial charge on any atom is -0.460 e. The Bertz CT molecular complexity index is 826. The number of benzene rings is 1. The van der Waals surface area contributed by atoms with E-state index >= 15 is 0 Å². The van der Waals surface area contributed by atoms with Crippen molar-refractivity contribution >= 4 is 80.3 Å². The molecule has 0 radical (unpaired) electrons. The van der Waals surface area contributed by atoms with Crippen molar-refractivity contribution in [3.8, 4) is 0 Å². The maximum atomic E-state index is 12.8. The number of carbonyl (C=O) groups is 3. The summed E-state index contributed by atoms with van der Waals surface area (Å²) in [7, 11) is 0. The lowest BCUT2D eigenvalue weighted by Gasteiger charge is -2.44. The molecular formula is C19H20BrCl3N2O4S. The second-order valence-electron chi connectivity index (χ2n) is 7.34. The highest BCUT2D eigenvalue weighted by Crippen LogP contribution is 2.53. The summed E-state index contributed by atoms with van der Waals surface area (Å²) in [6.07, 6.45) is 0.783. The van der Waals surface area contributed by atoms with Crippen molar-refractivity contribution in [3.05, 3.63) is 35.9 Å². The van der Waals surface area contributed by atoms with E-state index in [1.54, 1.807) is 0 Å². The molecular weight excluding hydrogens is 539 g/mol. The van der Waals surface area contributed by atoms with Crippen molar-refractivity contribution in [1.82, 2.24) is 10.2 Å². The molecule has 30 heavy (non-hydrogen) atoms. The van der Waals surface area contributed by atoms with Crippen LogP contribution in [0.2, 0.25) is 0 Å². The third-order valence-electron chi connectivity index (χ3n) is 5.04. The molecule has 1 aromatic carbocycles. The SMILES string of the molecule is CC1(CCBr)S[C@H]2C(NC(=O)Cc3ccccc3)C(=O)N2C1C(=O)OCC(Cl)(Cl)Cl. The molecule has 164 valence electrons. The third kappa shape index (κ3) is 5.21. The van der Waals surface area contributed by atoms with Crippen LogP contribution >= 0.6 is 62.5 Å². The Morgan fingerprint density at radius 2 is 1.97 bits per heavy atom. The number of hydrogen-bond acceptors (Lipinski definition) is 5. The van der Waals surface area contributed by atoms with Crippen molar-refractivity contribution < 1.29 is 19.1 Å². The molecule has 0 aliphatic carbocycles. The highest BCUT2D eigenvalue weighted by molar-refractivity contribution is 9.09. The number of amides is 2. The molecule has 2 aliphatic heterocycles. The van der Waals surface area contributed by atoms with Gasteiger partial charge in [0.25, 0.3) is 0 Å². The first kappa shape index (κ1) is 24.0. The van der Waals surface area contributed by atoms with E-state index in [-0.39, 0.29) is 23.6 Å². The highest BCUT2D eigenvalue weighted by atomic mass is 79.9. The van der Waals surface area contributed by atoms with Gasteiger partial charge in [-0.3, -0.25) is 9.59 Å². The first-order valence-electron chi connectivity index (χ1n) is 9.18. The molecule has 0 spiro atoms. The van der Waals surface area contributed by atoms with E-state index in [0.29, 0.717) is 11.8 Å². The van der Waals surface area contributed by atoms with Crippen LogP contribution in [0.15, 0.2) is 30.3 Å². The summed E-state index contributed by atoms with van der Waals surface area (Å²) < 4.78 is 2.84. The van der Waals surface area contributed by atoms with Crippen LogP contribution < -0.4 is 5.32 Å². The Kier molecular flexibility index (Phi) is 7.55. The summed E-state index contributed by atoms with van der Waals surface area (Å²) in [5.41, 5.74) is 0.856. The quantitative estimate of drug-likeness (QED) is 0.315. The van der Waals surface area contributed by atoms with E-state index in [1.807, 2.05) is 37.3 Å². The van der Waals surface area contributed by atoms with Gasteiger partial charge in [0.2, 0.25) is 15.6 Å². The lowest BCUT2D eigenvalue weighted by atomic mass is 9.92. The fourth-order valence-electron chi connectivity index (χ4n) is 3.64. The Morgan fingerprint density at radius 3 is 2.57 bits per heavy atom. The predicted molar refractivity (Wildman–Crippen MR) is 122 cm³/mol. The Morgan fingerprint density at radius 1 is 1.30 bits per heavy atom. The summed E-state index contributed by atoms with van der Waals surface area (Å²) >= 11 is 21.9. The van der Waals surface area contributed by atoms with Gasteiger partial charge in [-0.05, 0) is 18.9 Å². The molecule has 2 fully saturated rings. The number of rotatable bonds is 7. The van der Waals surface area contributed by atoms with Gasteiger partial charge in [0, 0.05) is 10.1 Å². The van der Waals surface area contributed by atoms with Gasteiger partial charge in [-0.2, -0.15) is 0 Å². The number of thioether (sulfide) groups is 1. The molecule has 1 aromatic rings. The summed E-state index contributed by atoms with van der Waals surface area (Å²) in [6.45, 7) is 1.49. The van der Waals surface area contributed by atoms with Gasteiger partial charge < -0.3 is 15.0 Å². The van der Waals surface area contributed by atoms with E-state index in [9.17, 15) is 14.4 Å². The fourth-order valence-corrected chi connectivity index (χ4v) is 6.66. The molecule has 0 aromatic heterocycles. The van der Waals surface area contributed by atoms with Gasteiger partial charge in [-0.25, -0.2) is 4.79 Å². The van der Waals surface area contributed by atoms with Gasteiger partial charge in [0.1, 0.15) is 24.1 Å². The zero-order valence-corrected chi connectivity index (χ0v) is 20.6. The highest BCUT2D eigenvalue weighted by Gasteiger charge is 2.65. The topological polar surface area (TPSA) is 75.7 Å². The van der Waals surface area contributed by atoms with Gasteiger partial charge in [0.15, 0.2) is 0 Å². The van der Waals surface area contributed by atoms with Crippen LogP contribution in [0, 0.1) is 0 Å². The van der Waals surface area contributed by atoms with Crippen LogP contribution in [0.5, 0.6) is 0 Å². The minimum atomic E-state index is -1.74. The summed E-state index contributed by atoms with van der Waals surface area (Å²) in [6, 6.07) is 7.76. The second kappa shape index (κ2) is 9.45. The molecule has 2 saturated heterocycles. The molecule has 11 heteroatoms. The lowest BCUT2D eigenvalue weighted by molar-refractivity contribution is -0.164. The maximum absolute atomic E-state index is 12.8. The van der Waals surface area contributed by atoms with Crippen molar-refractivity contribution in [3.63, 3.8) is 0 Å². The Balaban J connectivity index is 1.70. The Labute approximate surface area is 202 Å². The third-order valence-corrected chi connectivity index (χ3v) is 7.47. The number of esters is 1. The van der Waals surface area contributed by atoms with Gasteiger partial charge in [0.05, 0.1) is 6.42 Å². The molecule has 4 atom stereocenters. The van der Waals surface area contributed by atoms with Gasteiger partial charge >= 0.3 is 5.97 Å². The molecule has 0 bridgehead atoms. The van der Waals surface area contributed by atoms with Crippen LogP contribution in [-0.4, -0.2) is 60.6 Å². The molecule has 6 nitrogen and oxygen atoms in total. The standard InChI is InChI=1S/C19H20BrCl3N2O4S/c1-18(7-8-20)14(17(28)29-10-19(21,22)23)25-15(27)13(16(25)30-18)24-12(26)9-11-5-3-2-4-6-11/h2-6,13-14,16H,7-10H2,1H3,(H,24,26)/t13?,14?,16-,18?/m0/s1. The second-order valence-corrected chi connectivity index (χ2v) is 12.3. The van der Waals surface area contributed by atoms with Crippen LogP contribution in [-0.2, 0) is 25.5 Å². The average Bonchev–Trinajstić information content (AvgIpc) is 2.94. The predicted octanol–water partition coefficient (Wildman–Crippen LogP) is 3.45. The van der Waals surface area contributed by atoms with Crippen molar-refractivity contribution in [2.45, 2.75) is 45.8 Å². The zero-order chi connectivity index (χ0) is 22.1. The average molecular weight is 559 g/mol. The van der Waals surface area contributed by atoms with Crippen molar-refractivity contribution in [1.29, 1.82) is 0 Å². The number of halogens is 4. The fraction of sp³-hybridized carbons (Fsp3) is 0.526. The smallest absolute Gasteiger partial charge is 0.330 e. The van der Waals surface area contributed by atoms with Gasteiger partial charge in [-0.15, -0.1) is 11.8 Å². The molecule has 2 amide bonds. The van der Waals surface area contributed by atoms with Crippen LogP contribution in [0.1, 0.15) is 18.9 Å². The molecule has 3 rings (SSSR count). The number of β-lactam (4-membered cyclic amide) rings is 1. The summed E-state index contributed by atoms with van der Waals surface area (Å²) in [5, 5.41) is 3.08. The normalized spacial score (nSPS) is 28.0. The van der Waals surface area contributed by atoms with E-state index < -0.39 is 33.2 Å². The van der Waals surface area contributed by atoms with Gasteiger partial charge in [-0.1, -0.05) is 81.1 Å². The molecule has 1 N–H and O–H groups in total. The van der Waals surface area contributed by atoms with E-state index in [1.165, 1.54) is 16.7 Å². The first-order valence-corrected chi connectivity index (χ1v) is 12.3. The summed E-state index contributed by atoms with van der Waals surface area (Å²) in [4.78, 5) is 39.5. The monoisotopic (exact) mass is 556 g/mol. The summed E-state index contributed by atoms with van der Waals surface area (Å²) in [5.74, 6) is -1.19. The lowest BCUT2D eigenvalue weighted by Crippen LogP contribution is -2.71. The number of alkyl halides is 4. The number of nitrogens with zero attached hydrogens (tertiary/aromatic N) is 1. The van der Waals surface area contributed by atoms with E-state index in [2.05, 4.69) is 21.2 Å². The molecule has 0 saturated carbocycles. The number of carbonyl (C=O) groups excluding carboxylic acids is 3.